The fraction of sp³-hybridized carbons (Fsp3) is 0.263. The van der Waals surface area contributed by atoms with Gasteiger partial charge in [0.25, 0.3) is 0 Å². The Balaban J connectivity index is 1.66. The van der Waals surface area contributed by atoms with E-state index in [1.165, 1.54) is 0 Å². The van der Waals surface area contributed by atoms with Crippen molar-refractivity contribution in [2.24, 2.45) is 5.92 Å². The van der Waals surface area contributed by atoms with Crippen LogP contribution in [-0.2, 0) is 16.1 Å². The van der Waals surface area contributed by atoms with E-state index in [1.54, 1.807) is 11.0 Å². The van der Waals surface area contributed by atoms with E-state index < -0.39 is 0 Å². The molecule has 6 heteroatoms. The Bertz CT molecular complexity index is 811. The summed E-state index contributed by atoms with van der Waals surface area (Å²) in [6.07, 6.45) is 0.238. The van der Waals surface area contributed by atoms with Crippen molar-refractivity contribution in [3.8, 4) is 0 Å². The fourth-order valence-electron chi connectivity index (χ4n) is 2.93. The molecule has 1 heterocycles. The van der Waals surface area contributed by atoms with Crippen LogP contribution in [0.25, 0.3) is 0 Å². The van der Waals surface area contributed by atoms with Crippen LogP contribution >= 0.6 is 27.5 Å². The van der Waals surface area contributed by atoms with Crippen LogP contribution < -0.4 is 5.32 Å². The largest absolute Gasteiger partial charge is 0.338 e. The zero-order valence-electron chi connectivity index (χ0n) is 13.8. The number of amides is 2. The molecule has 25 heavy (non-hydrogen) atoms. The summed E-state index contributed by atoms with van der Waals surface area (Å²) >= 11 is 9.57. The highest BCUT2D eigenvalue weighted by atomic mass is 79.9. The van der Waals surface area contributed by atoms with Gasteiger partial charge in [-0.3, -0.25) is 9.59 Å². The van der Waals surface area contributed by atoms with Crippen LogP contribution in [0.1, 0.15) is 17.5 Å². The van der Waals surface area contributed by atoms with Gasteiger partial charge < -0.3 is 10.2 Å². The maximum Gasteiger partial charge on any atom is 0.229 e. The molecule has 1 aliphatic heterocycles. The fourth-order valence-corrected chi connectivity index (χ4v) is 3.52. The van der Waals surface area contributed by atoms with Crippen molar-refractivity contribution in [3.63, 3.8) is 0 Å². The van der Waals surface area contributed by atoms with Gasteiger partial charge in [0.2, 0.25) is 11.8 Å². The molecule has 0 aromatic heterocycles. The lowest BCUT2D eigenvalue weighted by Crippen LogP contribution is -2.28. The molecule has 0 aliphatic carbocycles. The molecule has 3 rings (SSSR count). The predicted octanol–water partition coefficient (Wildman–Crippen LogP) is 4.40. The highest BCUT2D eigenvalue weighted by Crippen LogP contribution is 2.31. The summed E-state index contributed by atoms with van der Waals surface area (Å²) in [5, 5.41) is 3.48. The Hall–Kier alpha value is -1.85. The maximum atomic E-state index is 12.6. The molecule has 1 N–H and O–H groups in total. The number of hydrogen-bond donors (Lipinski definition) is 1. The molecule has 1 saturated heterocycles. The van der Waals surface area contributed by atoms with E-state index in [2.05, 4.69) is 21.2 Å². The molecule has 0 bridgehead atoms. The number of likely N-dealkylation sites (tertiary alicyclic amines) is 1. The summed E-state index contributed by atoms with van der Waals surface area (Å²) in [7, 11) is 0. The van der Waals surface area contributed by atoms with Gasteiger partial charge in [-0.2, -0.15) is 0 Å². The van der Waals surface area contributed by atoms with Crippen LogP contribution in [0.4, 0.5) is 5.69 Å². The second-order valence-electron chi connectivity index (χ2n) is 6.18. The normalized spacial score (nSPS) is 17.0. The molecule has 2 amide bonds. The molecule has 1 aliphatic rings. The quantitative estimate of drug-likeness (QED) is 0.795. The number of anilines is 1. The Labute approximate surface area is 160 Å². The zero-order chi connectivity index (χ0) is 18.0. The number of nitrogens with zero attached hydrogens (tertiary/aromatic N) is 1. The minimum absolute atomic E-state index is 0.00886. The first kappa shape index (κ1) is 18.0. The summed E-state index contributed by atoms with van der Waals surface area (Å²) in [5.74, 6) is -0.488. The highest BCUT2D eigenvalue weighted by molar-refractivity contribution is 9.10. The molecule has 0 spiro atoms. The first-order valence-corrected chi connectivity index (χ1v) is 9.20. The van der Waals surface area contributed by atoms with Crippen LogP contribution in [0, 0.1) is 12.8 Å². The SMILES string of the molecule is Cc1c(NC(=O)[C@@H]2CC(=O)N(Cc3ccccc3)C2)ccc(Br)c1Cl. The van der Waals surface area contributed by atoms with Gasteiger partial charge in [-0.25, -0.2) is 0 Å². The number of hydrogen-bond acceptors (Lipinski definition) is 2. The molecular formula is C19H18BrClN2O2. The van der Waals surface area contributed by atoms with Gasteiger partial charge in [0.05, 0.1) is 10.9 Å². The Morgan fingerprint density at radius 3 is 2.72 bits per heavy atom. The van der Waals surface area contributed by atoms with Crippen molar-refractivity contribution in [3.05, 3.63) is 63.1 Å². The monoisotopic (exact) mass is 420 g/mol. The van der Waals surface area contributed by atoms with Crippen LogP contribution in [0.5, 0.6) is 0 Å². The Morgan fingerprint density at radius 2 is 2.00 bits per heavy atom. The Morgan fingerprint density at radius 1 is 1.28 bits per heavy atom. The average molecular weight is 422 g/mol. The predicted molar refractivity (Wildman–Crippen MR) is 102 cm³/mol. The molecule has 130 valence electrons. The van der Waals surface area contributed by atoms with E-state index in [9.17, 15) is 9.59 Å². The summed E-state index contributed by atoms with van der Waals surface area (Å²) in [5.41, 5.74) is 2.54. The van der Waals surface area contributed by atoms with E-state index >= 15 is 0 Å². The molecule has 1 atom stereocenters. The maximum absolute atomic E-state index is 12.6. The van der Waals surface area contributed by atoms with Crippen LogP contribution in [0.3, 0.4) is 0 Å². The Kier molecular flexibility index (Phi) is 5.45. The first-order valence-electron chi connectivity index (χ1n) is 8.03. The van der Waals surface area contributed by atoms with Crippen LogP contribution in [-0.4, -0.2) is 23.3 Å². The smallest absolute Gasteiger partial charge is 0.229 e. The molecule has 1 fully saturated rings. The molecule has 2 aromatic rings. The van der Waals surface area contributed by atoms with Crippen LogP contribution in [0.2, 0.25) is 5.02 Å². The lowest BCUT2D eigenvalue weighted by molar-refractivity contribution is -0.128. The summed E-state index contributed by atoms with van der Waals surface area (Å²) in [6, 6.07) is 13.4. The molecule has 0 radical (unpaired) electrons. The third kappa shape index (κ3) is 4.05. The second kappa shape index (κ2) is 7.58. The topological polar surface area (TPSA) is 49.4 Å². The van der Waals surface area contributed by atoms with Crippen molar-refractivity contribution in [2.45, 2.75) is 19.9 Å². The lowest BCUT2D eigenvalue weighted by atomic mass is 10.1. The van der Waals surface area contributed by atoms with Gasteiger partial charge in [0.1, 0.15) is 0 Å². The van der Waals surface area contributed by atoms with Gasteiger partial charge in [0, 0.05) is 29.7 Å². The minimum Gasteiger partial charge on any atom is -0.338 e. The molecule has 0 unspecified atom stereocenters. The number of nitrogens with one attached hydrogen (secondary N) is 1. The van der Waals surface area contributed by atoms with E-state index in [1.807, 2.05) is 43.3 Å². The van der Waals surface area contributed by atoms with Gasteiger partial charge in [-0.15, -0.1) is 0 Å². The van der Waals surface area contributed by atoms with E-state index in [0.29, 0.717) is 23.8 Å². The van der Waals surface area contributed by atoms with Crippen molar-refractivity contribution in [1.29, 1.82) is 0 Å². The summed E-state index contributed by atoms with van der Waals surface area (Å²) < 4.78 is 0.787. The number of halogens is 2. The van der Waals surface area contributed by atoms with Crippen molar-refractivity contribution >= 4 is 45.0 Å². The number of rotatable bonds is 4. The average Bonchev–Trinajstić information content (AvgIpc) is 2.97. The van der Waals surface area contributed by atoms with Gasteiger partial charge in [0.15, 0.2) is 0 Å². The van der Waals surface area contributed by atoms with Gasteiger partial charge in [-0.05, 0) is 46.1 Å². The van der Waals surface area contributed by atoms with Crippen LogP contribution in [0.15, 0.2) is 46.9 Å². The van der Waals surface area contributed by atoms with E-state index in [4.69, 9.17) is 11.6 Å². The van der Waals surface area contributed by atoms with Crippen molar-refractivity contribution in [2.75, 3.05) is 11.9 Å². The number of benzene rings is 2. The van der Waals surface area contributed by atoms with E-state index in [-0.39, 0.29) is 24.2 Å². The molecule has 0 saturated carbocycles. The number of carbonyl (C=O) groups is 2. The third-order valence-electron chi connectivity index (χ3n) is 4.40. The standard InChI is InChI=1S/C19H18BrClN2O2/c1-12-16(8-7-15(20)18(12)21)22-19(25)14-9-17(24)23(11-14)10-13-5-3-2-4-6-13/h2-8,14H,9-11H2,1H3,(H,22,25)/t14-/m1/s1. The zero-order valence-corrected chi connectivity index (χ0v) is 16.1. The molecule has 4 nitrogen and oxygen atoms in total. The summed E-state index contributed by atoms with van der Waals surface area (Å²) in [4.78, 5) is 26.5. The van der Waals surface area contributed by atoms with Crippen molar-refractivity contribution < 1.29 is 9.59 Å². The number of carbonyl (C=O) groups excluding carboxylic acids is 2. The van der Waals surface area contributed by atoms with Gasteiger partial charge in [-0.1, -0.05) is 41.9 Å². The highest BCUT2D eigenvalue weighted by Gasteiger charge is 2.34. The molecular weight excluding hydrogens is 404 g/mol. The second-order valence-corrected chi connectivity index (χ2v) is 7.42. The van der Waals surface area contributed by atoms with E-state index in [0.717, 1.165) is 15.6 Å². The minimum atomic E-state index is -0.349. The summed E-state index contributed by atoms with van der Waals surface area (Å²) in [6.45, 7) is 2.82. The lowest BCUT2D eigenvalue weighted by Gasteiger charge is -2.17. The molecule has 2 aromatic carbocycles. The third-order valence-corrected chi connectivity index (χ3v) is 5.77. The van der Waals surface area contributed by atoms with Crippen molar-refractivity contribution in [1.82, 2.24) is 4.90 Å². The first-order chi connectivity index (χ1) is 12.0. The van der Waals surface area contributed by atoms with Gasteiger partial charge >= 0.3 is 0 Å².